The van der Waals surface area contributed by atoms with Crippen LogP contribution in [0.1, 0.15) is 32.7 Å². The zero-order valence-corrected chi connectivity index (χ0v) is 15.1. The standard InChI is InChI=1S/C22H23N3O/c1-24-20-7-6-16(12-18(20)19-13-23-10-8-21(19)24)22(26)25-11-9-15-4-2-3-5-17(15)14-25/h2-7,12,23H,8-11,13-14H2,1H3. The first-order valence-corrected chi connectivity index (χ1v) is 9.39. The van der Waals surface area contributed by atoms with E-state index in [4.69, 9.17) is 0 Å². The molecule has 2 aliphatic rings. The van der Waals surface area contributed by atoms with Crippen molar-refractivity contribution in [3.63, 3.8) is 0 Å². The van der Waals surface area contributed by atoms with Crippen LogP contribution in [0.2, 0.25) is 0 Å². The van der Waals surface area contributed by atoms with Crippen molar-refractivity contribution >= 4 is 16.8 Å². The summed E-state index contributed by atoms with van der Waals surface area (Å²) >= 11 is 0. The lowest BCUT2D eigenvalue weighted by molar-refractivity contribution is 0.0735. The van der Waals surface area contributed by atoms with Crippen LogP contribution in [-0.4, -0.2) is 28.5 Å². The van der Waals surface area contributed by atoms with Crippen molar-refractivity contribution in [2.24, 2.45) is 7.05 Å². The van der Waals surface area contributed by atoms with Gasteiger partial charge in [-0.1, -0.05) is 24.3 Å². The van der Waals surface area contributed by atoms with Crippen molar-refractivity contribution in [3.05, 3.63) is 70.4 Å². The highest BCUT2D eigenvalue weighted by Crippen LogP contribution is 2.29. The van der Waals surface area contributed by atoms with E-state index in [-0.39, 0.29) is 5.91 Å². The van der Waals surface area contributed by atoms with Gasteiger partial charge in [-0.2, -0.15) is 0 Å². The quantitative estimate of drug-likeness (QED) is 0.736. The topological polar surface area (TPSA) is 37.3 Å². The molecule has 0 unspecified atom stereocenters. The number of fused-ring (bicyclic) bond motifs is 4. The van der Waals surface area contributed by atoms with Gasteiger partial charge in [-0.3, -0.25) is 4.79 Å². The molecule has 0 atom stereocenters. The normalized spacial score (nSPS) is 16.4. The minimum Gasteiger partial charge on any atom is -0.347 e. The lowest BCUT2D eigenvalue weighted by Crippen LogP contribution is -2.35. The van der Waals surface area contributed by atoms with E-state index in [2.05, 4.69) is 53.3 Å². The van der Waals surface area contributed by atoms with Crippen molar-refractivity contribution in [3.8, 4) is 0 Å². The molecule has 1 N–H and O–H groups in total. The molecule has 0 saturated heterocycles. The van der Waals surface area contributed by atoms with E-state index in [1.54, 1.807) is 0 Å². The van der Waals surface area contributed by atoms with Crippen LogP contribution in [0.3, 0.4) is 0 Å². The second kappa shape index (κ2) is 5.99. The van der Waals surface area contributed by atoms with Crippen LogP contribution < -0.4 is 5.32 Å². The van der Waals surface area contributed by atoms with Crippen LogP contribution in [0, 0.1) is 0 Å². The molecule has 132 valence electrons. The first kappa shape index (κ1) is 15.6. The van der Waals surface area contributed by atoms with Crippen molar-refractivity contribution in [1.29, 1.82) is 0 Å². The highest BCUT2D eigenvalue weighted by molar-refractivity contribution is 5.99. The van der Waals surface area contributed by atoms with Gasteiger partial charge in [0.05, 0.1) is 0 Å². The Morgan fingerprint density at radius 3 is 2.81 bits per heavy atom. The van der Waals surface area contributed by atoms with E-state index in [1.807, 2.05) is 11.0 Å². The molecule has 0 saturated carbocycles. The maximum Gasteiger partial charge on any atom is 0.254 e. The predicted molar refractivity (Wildman–Crippen MR) is 103 cm³/mol. The van der Waals surface area contributed by atoms with Crippen LogP contribution >= 0.6 is 0 Å². The molecule has 2 aromatic carbocycles. The molecule has 1 amide bonds. The van der Waals surface area contributed by atoms with E-state index >= 15 is 0 Å². The van der Waals surface area contributed by atoms with E-state index < -0.39 is 0 Å². The van der Waals surface area contributed by atoms with Crippen LogP contribution in [0.4, 0.5) is 0 Å². The number of aryl methyl sites for hydroxylation is 1. The minimum absolute atomic E-state index is 0.141. The van der Waals surface area contributed by atoms with Gasteiger partial charge < -0.3 is 14.8 Å². The maximum atomic E-state index is 13.1. The maximum absolute atomic E-state index is 13.1. The Labute approximate surface area is 153 Å². The number of benzene rings is 2. The summed E-state index contributed by atoms with van der Waals surface area (Å²) in [5, 5.41) is 4.68. The molecule has 1 aromatic heterocycles. The molecule has 2 aliphatic heterocycles. The van der Waals surface area contributed by atoms with Crippen LogP contribution in [-0.2, 0) is 33.0 Å². The number of hydrogen-bond donors (Lipinski definition) is 1. The van der Waals surface area contributed by atoms with E-state index in [0.29, 0.717) is 6.54 Å². The van der Waals surface area contributed by atoms with Gasteiger partial charge in [0.2, 0.25) is 0 Å². The molecular weight excluding hydrogens is 322 g/mol. The lowest BCUT2D eigenvalue weighted by Gasteiger charge is -2.29. The summed E-state index contributed by atoms with van der Waals surface area (Å²) in [7, 11) is 2.13. The molecule has 0 spiro atoms. The van der Waals surface area contributed by atoms with E-state index in [0.717, 1.165) is 38.0 Å². The number of nitrogens with zero attached hydrogens (tertiary/aromatic N) is 2. The van der Waals surface area contributed by atoms with Crippen molar-refractivity contribution in [2.45, 2.75) is 25.9 Å². The number of carbonyl (C=O) groups is 1. The predicted octanol–water partition coefficient (Wildman–Crippen LogP) is 3.02. The van der Waals surface area contributed by atoms with Crippen LogP contribution in [0.15, 0.2) is 42.5 Å². The van der Waals surface area contributed by atoms with Crippen LogP contribution in [0.25, 0.3) is 10.9 Å². The zero-order valence-electron chi connectivity index (χ0n) is 15.1. The molecule has 0 bridgehead atoms. The Hall–Kier alpha value is -2.59. The molecule has 5 rings (SSSR count). The lowest BCUT2D eigenvalue weighted by atomic mass is 9.99. The van der Waals surface area contributed by atoms with Gasteiger partial charge in [0.1, 0.15) is 0 Å². The molecule has 4 nitrogen and oxygen atoms in total. The third-order valence-electron chi connectivity index (χ3n) is 5.94. The third kappa shape index (κ3) is 2.36. The summed E-state index contributed by atoms with van der Waals surface area (Å²) < 4.78 is 2.29. The molecule has 3 heterocycles. The molecule has 26 heavy (non-hydrogen) atoms. The van der Waals surface area contributed by atoms with Gasteiger partial charge in [0.25, 0.3) is 5.91 Å². The van der Waals surface area contributed by atoms with E-state index in [1.165, 1.54) is 33.3 Å². The number of hydrogen-bond acceptors (Lipinski definition) is 2. The fourth-order valence-corrected chi connectivity index (χ4v) is 4.49. The molecule has 0 aliphatic carbocycles. The Morgan fingerprint density at radius 1 is 1.08 bits per heavy atom. The van der Waals surface area contributed by atoms with Gasteiger partial charge in [0.15, 0.2) is 0 Å². The smallest absolute Gasteiger partial charge is 0.254 e. The number of carbonyl (C=O) groups excluding carboxylic acids is 1. The minimum atomic E-state index is 0.141. The summed E-state index contributed by atoms with van der Waals surface area (Å²) in [5.41, 5.74) is 7.42. The van der Waals surface area contributed by atoms with E-state index in [9.17, 15) is 4.79 Å². The molecule has 4 heteroatoms. The largest absolute Gasteiger partial charge is 0.347 e. The SMILES string of the molecule is Cn1c2c(c3cc(C(=O)N4CCc5ccccc5C4)ccc31)CNCC2. The number of rotatable bonds is 1. The van der Waals surface area contributed by atoms with Gasteiger partial charge in [0, 0.05) is 61.8 Å². The summed E-state index contributed by atoms with van der Waals surface area (Å²) in [6.07, 6.45) is 1.99. The highest BCUT2D eigenvalue weighted by atomic mass is 16.2. The molecular formula is C22H23N3O. The first-order chi connectivity index (χ1) is 12.7. The van der Waals surface area contributed by atoms with Crippen molar-refractivity contribution in [2.75, 3.05) is 13.1 Å². The van der Waals surface area contributed by atoms with Crippen LogP contribution in [0.5, 0.6) is 0 Å². The monoisotopic (exact) mass is 345 g/mol. The average molecular weight is 345 g/mol. The Kier molecular flexibility index (Phi) is 3.61. The summed E-state index contributed by atoms with van der Waals surface area (Å²) in [6.45, 7) is 3.42. The first-order valence-electron chi connectivity index (χ1n) is 9.39. The van der Waals surface area contributed by atoms with Crippen molar-refractivity contribution < 1.29 is 4.79 Å². The Bertz CT molecular complexity index is 1020. The van der Waals surface area contributed by atoms with Gasteiger partial charge in [-0.25, -0.2) is 0 Å². The summed E-state index contributed by atoms with van der Waals surface area (Å²) in [6, 6.07) is 14.6. The Balaban J connectivity index is 1.50. The second-order valence-corrected chi connectivity index (χ2v) is 7.39. The van der Waals surface area contributed by atoms with Gasteiger partial charge >= 0.3 is 0 Å². The van der Waals surface area contributed by atoms with Crippen molar-refractivity contribution in [1.82, 2.24) is 14.8 Å². The number of nitrogens with one attached hydrogen (secondary N) is 1. The third-order valence-corrected chi connectivity index (χ3v) is 5.94. The fourth-order valence-electron chi connectivity index (χ4n) is 4.49. The zero-order chi connectivity index (χ0) is 17.7. The highest BCUT2D eigenvalue weighted by Gasteiger charge is 2.23. The summed E-state index contributed by atoms with van der Waals surface area (Å²) in [5.74, 6) is 0.141. The second-order valence-electron chi connectivity index (χ2n) is 7.39. The van der Waals surface area contributed by atoms with Gasteiger partial charge in [-0.05, 0) is 41.3 Å². The number of aromatic nitrogens is 1. The van der Waals surface area contributed by atoms with Gasteiger partial charge in [-0.15, -0.1) is 0 Å². The molecule has 0 radical (unpaired) electrons. The summed E-state index contributed by atoms with van der Waals surface area (Å²) in [4.78, 5) is 15.1. The Morgan fingerprint density at radius 2 is 1.92 bits per heavy atom. The molecule has 3 aromatic rings. The average Bonchev–Trinajstić information content (AvgIpc) is 2.99. The molecule has 0 fully saturated rings. The number of amides is 1. The fraction of sp³-hybridized carbons (Fsp3) is 0.318.